The van der Waals surface area contributed by atoms with Crippen molar-refractivity contribution in [2.75, 3.05) is 6.54 Å². The Hall–Kier alpha value is -3.67. The number of hydrogen-bond acceptors (Lipinski definition) is 3. The molecule has 0 spiro atoms. The molecule has 30 heavy (non-hydrogen) atoms. The van der Waals surface area contributed by atoms with Crippen LogP contribution in [0, 0.1) is 0 Å². The average Bonchev–Trinajstić information content (AvgIpc) is 2.93. The van der Waals surface area contributed by atoms with Crippen molar-refractivity contribution in [1.82, 2.24) is 10.6 Å². The molecule has 0 bridgehead atoms. The van der Waals surface area contributed by atoms with Crippen LogP contribution in [-0.2, 0) is 11.3 Å². The number of rotatable bonds is 7. The number of carbonyl (C=O) groups excluding carboxylic acids is 2. The topological polar surface area (TPSA) is 95.5 Å². The Balaban J connectivity index is 1.70. The molecule has 2 aliphatic rings. The summed E-state index contributed by atoms with van der Waals surface area (Å²) in [7, 11) is 0. The molecule has 1 aromatic carbocycles. The number of carboxylic acid groups (broad SMARTS) is 1. The maximum absolute atomic E-state index is 12.2. The molecule has 0 aromatic heterocycles. The molecule has 0 aliphatic heterocycles. The van der Waals surface area contributed by atoms with Crippen LogP contribution in [0.25, 0.3) is 11.1 Å². The lowest BCUT2D eigenvalue weighted by atomic mass is 10.1. The lowest BCUT2D eigenvalue weighted by Gasteiger charge is -2.07. The van der Waals surface area contributed by atoms with Gasteiger partial charge >= 0.3 is 5.97 Å². The second-order valence-electron chi connectivity index (χ2n) is 7.36. The number of carbonyl (C=O) groups is 3. The summed E-state index contributed by atoms with van der Waals surface area (Å²) >= 11 is 0. The van der Waals surface area contributed by atoms with Gasteiger partial charge in [-0.1, -0.05) is 56.3 Å². The highest BCUT2D eigenvalue weighted by molar-refractivity contribution is 5.99. The molecule has 2 aliphatic carbocycles. The Kier molecular flexibility index (Phi) is 6.47. The van der Waals surface area contributed by atoms with Crippen molar-refractivity contribution < 1.29 is 19.5 Å². The third-order valence-electron chi connectivity index (χ3n) is 4.95. The van der Waals surface area contributed by atoms with Crippen LogP contribution in [0.3, 0.4) is 0 Å². The third kappa shape index (κ3) is 4.84. The fourth-order valence-corrected chi connectivity index (χ4v) is 3.26. The molecule has 0 atom stereocenters. The Morgan fingerprint density at radius 2 is 1.57 bits per heavy atom. The van der Waals surface area contributed by atoms with Crippen LogP contribution >= 0.6 is 0 Å². The molecule has 6 nitrogen and oxygen atoms in total. The summed E-state index contributed by atoms with van der Waals surface area (Å²) in [4.78, 5) is 35.9. The van der Waals surface area contributed by atoms with Crippen molar-refractivity contribution in [3.05, 3.63) is 82.9 Å². The summed E-state index contributed by atoms with van der Waals surface area (Å²) in [5, 5.41) is 14.9. The summed E-state index contributed by atoms with van der Waals surface area (Å²) in [5.41, 5.74) is 3.92. The molecule has 0 fully saturated rings. The standard InChI is InChI=1S/C24H24N2O4/c1-15(2)16-8-10-19-18(12-21(24(29)30)20(19)11-9-16)13-25-22(27)14-26-23(28)17-6-4-3-5-7-17/h3-12,15H,13-14H2,1-2H3,(H,25,27)(H,26,28)(H,29,30). The van der Waals surface area contributed by atoms with Crippen LogP contribution in [0.4, 0.5) is 0 Å². The zero-order chi connectivity index (χ0) is 21.7. The van der Waals surface area contributed by atoms with Crippen molar-refractivity contribution in [2.24, 2.45) is 0 Å². The van der Waals surface area contributed by atoms with Crippen LogP contribution < -0.4 is 10.6 Å². The normalized spacial score (nSPS) is 10.8. The molecular weight excluding hydrogens is 380 g/mol. The first kappa shape index (κ1) is 21.0. The largest absolute Gasteiger partial charge is 0.478 e. The zero-order valence-corrected chi connectivity index (χ0v) is 16.9. The van der Waals surface area contributed by atoms with Gasteiger partial charge in [-0.15, -0.1) is 0 Å². The van der Waals surface area contributed by atoms with Crippen molar-refractivity contribution in [1.29, 1.82) is 0 Å². The molecule has 0 saturated carbocycles. The summed E-state index contributed by atoms with van der Waals surface area (Å²) in [5.74, 6) is -1.38. The highest BCUT2D eigenvalue weighted by Gasteiger charge is 2.20. The molecular formula is C24H24N2O4. The van der Waals surface area contributed by atoms with Crippen molar-refractivity contribution in [3.63, 3.8) is 0 Å². The molecule has 6 heteroatoms. The van der Waals surface area contributed by atoms with E-state index < -0.39 is 5.97 Å². The molecule has 3 rings (SSSR count). The first-order chi connectivity index (χ1) is 14.4. The van der Waals surface area contributed by atoms with Gasteiger partial charge < -0.3 is 15.7 Å². The summed E-state index contributed by atoms with van der Waals surface area (Å²) < 4.78 is 0. The van der Waals surface area contributed by atoms with Crippen molar-refractivity contribution in [2.45, 2.75) is 26.3 Å². The number of benzene rings is 1. The summed E-state index contributed by atoms with van der Waals surface area (Å²) in [6, 6.07) is 17.9. The fraction of sp³-hybridized carbons (Fsp3) is 0.208. The minimum atomic E-state index is -1.01. The Morgan fingerprint density at radius 1 is 0.900 bits per heavy atom. The molecule has 1 aromatic rings. The number of aromatic carboxylic acids is 1. The second-order valence-corrected chi connectivity index (χ2v) is 7.36. The van der Waals surface area contributed by atoms with Gasteiger partial charge in [-0.25, -0.2) is 4.79 Å². The van der Waals surface area contributed by atoms with E-state index in [0.717, 1.165) is 16.7 Å². The van der Waals surface area contributed by atoms with Crippen molar-refractivity contribution >= 4 is 17.8 Å². The first-order valence-corrected chi connectivity index (χ1v) is 9.75. The zero-order valence-electron chi connectivity index (χ0n) is 16.9. The lowest BCUT2D eigenvalue weighted by Crippen LogP contribution is -2.36. The fourth-order valence-electron chi connectivity index (χ4n) is 3.26. The average molecular weight is 404 g/mol. The maximum Gasteiger partial charge on any atom is 0.336 e. The predicted octanol–water partition coefficient (Wildman–Crippen LogP) is 3.66. The molecule has 2 amide bonds. The Bertz CT molecular complexity index is 1040. The van der Waals surface area contributed by atoms with E-state index in [9.17, 15) is 19.5 Å². The number of hydrogen-bond donors (Lipinski definition) is 3. The van der Waals surface area contributed by atoms with E-state index >= 15 is 0 Å². The lowest BCUT2D eigenvalue weighted by molar-refractivity contribution is -0.120. The second kappa shape index (κ2) is 9.22. The van der Waals surface area contributed by atoms with Crippen LogP contribution in [0.5, 0.6) is 0 Å². The van der Waals surface area contributed by atoms with Gasteiger partial charge in [0.1, 0.15) is 0 Å². The summed E-state index contributed by atoms with van der Waals surface area (Å²) in [6.45, 7) is 4.15. The van der Waals surface area contributed by atoms with Crippen LogP contribution in [0.2, 0.25) is 0 Å². The van der Waals surface area contributed by atoms with E-state index in [0.29, 0.717) is 17.0 Å². The Morgan fingerprint density at radius 3 is 2.20 bits per heavy atom. The van der Waals surface area contributed by atoms with E-state index in [1.165, 1.54) is 0 Å². The van der Waals surface area contributed by atoms with Crippen LogP contribution in [-0.4, -0.2) is 29.4 Å². The smallest absolute Gasteiger partial charge is 0.336 e. The van der Waals surface area contributed by atoms with Gasteiger partial charge in [-0.3, -0.25) is 9.59 Å². The Labute approximate surface area is 175 Å². The van der Waals surface area contributed by atoms with Crippen molar-refractivity contribution in [3.8, 4) is 11.1 Å². The van der Waals surface area contributed by atoms with Gasteiger partial charge in [0.15, 0.2) is 0 Å². The minimum Gasteiger partial charge on any atom is -0.478 e. The highest BCUT2D eigenvalue weighted by atomic mass is 16.4. The van der Waals surface area contributed by atoms with Gasteiger partial charge in [-0.05, 0) is 46.4 Å². The highest BCUT2D eigenvalue weighted by Crippen LogP contribution is 2.33. The predicted molar refractivity (Wildman–Crippen MR) is 115 cm³/mol. The molecule has 3 N–H and O–H groups in total. The molecule has 0 heterocycles. The molecule has 0 radical (unpaired) electrons. The van der Waals surface area contributed by atoms with Gasteiger partial charge in [0, 0.05) is 12.1 Å². The van der Waals surface area contributed by atoms with E-state index in [4.69, 9.17) is 0 Å². The third-order valence-corrected chi connectivity index (χ3v) is 4.95. The van der Waals surface area contributed by atoms with E-state index in [2.05, 4.69) is 24.5 Å². The summed E-state index contributed by atoms with van der Waals surface area (Å²) in [6.07, 6.45) is 0. The van der Waals surface area contributed by atoms with E-state index in [1.54, 1.807) is 30.3 Å². The minimum absolute atomic E-state index is 0.163. The van der Waals surface area contributed by atoms with Gasteiger partial charge in [0.05, 0.1) is 12.1 Å². The van der Waals surface area contributed by atoms with E-state index in [1.807, 2.05) is 30.3 Å². The van der Waals surface area contributed by atoms with Gasteiger partial charge in [0.2, 0.25) is 5.91 Å². The quantitative estimate of drug-likeness (QED) is 0.560. The monoisotopic (exact) mass is 404 g/mol. The number of nitrogens with one attached hydrogen (secondary N) is 2. The molecule has 154 valence electrons. The molecule has 0 saturated heterocycles. The first-order valence-electron chi connectivity index (χ1n) is 9.75. The van der Waals surface area contributed by atoms with Crippen LogP contribution in [0.1, 0.15) is 51.6 Å². The van der Waals surface area contributed by atoms with E-state index in [-0.39, 0.29) is 30.5 Å². The molecule has 0 unspecified atom stereocenters. The maximum atomic E-state index is 12.2. The van der Waals surface area contributed by atoms with Gasteiger partial charge in [0.25, 0.3) is 5.91 Å². The number of amides is 2. The number of fused-ring (bicyclic) bond motifs is 1. The number of carboxylic acids is 1. The van der Waals surface area contributed by atoms with Gasteiger partial charge in [-0.2, -0.15) is 0 Å². The van der Waals surface area contributed by atoms with Crippen LogP contribution in [0.15, 0.2) is 60.7 Å². The SMILES string of the molecule is CC(C)c1ccc2c(CNC(=O)CNC(=O)c3ccccc3)cc(C(=O)O)c-2cc1.